The molecule has 3 aliphatic heterocycles. The second-order valence-electron chi connectivity index (χ2n) is 10.2. The van der Waals surface area contributed by atoms with Crippen LogP contribution in [0.25, 0.3) is 15.7 Å². The van der Waals surface area contributed by atoms with Crippen LogP contribution in [-0.4, -0.2) is 39.8 Å². The van der Waals surface area contributed by atoms with Gasteiger partial charge in [-0.25, -0.2) is 0 Å². The fourth-order valence-electron chi connectivity index (χ4n) is 6.68. The summed E-state index contributed by atoms with van der Waals surface area (Å²) in [5.74, 6) is -1.19. The molecule has 2 aromatic heterocycles. The van der Waals surface area contributed by atoms with Crippen molar-refractivity contribution in [3.63, 3.8) is 0 Å². The van der Waals surface area contributed by atoms with Crippen molar-refractivity contribution in [1.82, 2.24) is 9.80 Å². The van der Waals surface area contributed by atoms with E-state index >= 15 is 0 Å². The summed E-state index contributed by atoms with van der Waals surface area (Å²) in [5, 5.41) is 13.5. The number of amides is 2. The molecule has 1 aliphatic carbocycles. The molecule has 5 heterocycles. The van der Waals surface area contributed by atoms with Crippen molar-refractivity contribution in [2.24, 2.45) is 17.8 Å². The highest BCUT2D eigenvalue weighted by molar-refractivity contribution is 7.19. The first-order valence-electron chi connectivity index (χ1n) is 12.7. The van der Waals surface area contributed by atoms with Crippen LogP contribution in [0.15, 0.2) is 72.1 Å². The van der Waals surface area contributed by atoms with Crippen LogP contribution in [0.4, 0.5) is 0 Å². The van der Waals surface area contributed by atoms with Gasteiger partial charge in [-0.05, 0) is 34.2 Å². The van der Waals surface area contributed by atoms with Crippen molar-refractivity contribution in [2.75, 3.05) is 7.05 Å². The summed E-state index contributed by atoms with van der Waals surface area (Å²) >= 11 is 10.3. The molecule has 192 valence electrons. The Balaban J connectivity index is 1.40. The number of benzene rings is 2. The predicted molar refractivity (Wildman–Crippen MR) is 152 cm³/mol. The maximum absolute atomic E-state index is 13.6. The molecular weight excluding hydrogens is 536 g/mol. The van der Waals surface area contributed by atoms with Gasteiger partial charge in [-0.2, -0.15) is 0 Å². The second kappa shape index (κ2) is 9.14. The molecule has 38 heavy (non-hydrogen) atoms. The number of carbonyl (C=O) groups is 2. The van der Waals surface area contributed by atoms with Crippen LogP contribution in [0.2, 0.25) is 5.02 Å². The van der Waals surface area contributed by atoms with Gasteiger partial charge in [0.1, 0.15) is 0 Å². The van der Waals surface area contributed by atoms with Gasteiger partial charge in [0.25, 0.3) is 0 Å². The zero-order valence-electron chi connectivity index (χ0n) is 20.6. The van der Waals surface area contributed by atoms with Crippen molar-refractivity contribution >= 4 is 61.7 Å². The zero-order chi connectivity index (χ0) is 26.1. The van der Waals surface area contributed by atoms with Gasteiger partial charge < -0.3 is 5.11 Å². The first kappa shape index (κ1) is 24.2. The summed E-state index contributed by atoms with van der Waals surface area (Å²) in [6, 6.07) is 20.0. The Morgan fingerprint density at radius 1 is 0.947 bits per heavy atom. The van der Waals surface area contributed by atoms with Gasteiger partial charge in [-0.15, -0.1) is 22.7 Å². The summed E-state index contributed by atoms with van der Waals surface area (Å²) in [7, 11) is 1.62. The van der Waals surface area contributed by atoms with Gasteiger partial charge in [-0.1, -0.05) is 66.2 Å². The molecule has 8 heteroatoms. The molecule has 0 spiro atoms. The van der Waals surface area contributed by atoms with Gasteiger partial charge >= 0.3 is 0 Å². The lowest BCUT2D eigenvalue weighted by atomic mass is 9.61. The van der Waals surface area contributed by atoms with Crippen molar-refractivity contribution in [3.05, 3.63) is 98.0 Å². The predicted octanol–water partition coefficient (Wildman–Crippen LogP) is 5.98. The SMILES string of the molecule is CN1C(=O)C2C(C1=O)C1C=C(c3ccc(CO)cc3)C2C(c2cccs2)N1Cc1sc2ccccc2c1Cl. The smallest absolute Gasteiger partial charge is 0.234 e. The quantitative estimate of drug-likeness (QED) is 0.305. The fourth-order valence-corrected chi connectivity index (χ4v) is 9.07. The monoisotopic (exact) mass is 560 g/mol. The van der Waals surface area contributed by atoms with E-state index in [9.17, 15) is 14.7 Å². The molecule has 2 saturated heterocycles. The standard InChI is InChI=1S/C30H25ClN2O3S2/c1-32-29(35)25-20-13-19(17-10-8-16(15-34)9-11-17)24(26(25)30(32)36)28(22-7-4-12-37-22)33(20)14-23-27(31)18-5-2-3-6-21(18)38-23/h2-13,20,24-26,28,34H,14-15H2,1H3. The third-order valence-electron chi connectivity index (χ3n) is 8.40. The van der Waals surface area contributed by atoms with Crippen LogP contribution < -0.4 is 0 Å². The van der Waals surface area contributed by atoms with Crippen molar-refractivity contribution in [1.29, 1.82) is 0 Å². The molecule has 2 bridgehead atoms. The van der Waals surface area contributed by atoms with E-state index in [0.717, 1.165) is 36.7 Å². The van der Waals surface area contributed by atoms with Crippen LogP contribution >= 0.6 is 34.3 Å². The van der Waals surface area contributed by atoms with Gasteiger partial charge in [0.05, 0.1) is 29.5 Å². The minimum Gasteiger partial charge on any atom is -0.392 e. The number of likely N-dealkylation sites (tertiary alicyclic amines) is 1. The number of hydrogen-bond acceptors (Lipinski definition) is 6. The van der Waals surface area contributed by atoms with Crippen LogP contribution in [0.5, 0.6) is 0 Å². The largest absolute Gasteiger partial charge is 0.392 e. The molecule has 0 radical (unpaired) electrons. The van der Waals surface area contributed by atoms with E-state index in [0.29, 0.717) is 6.54 Å². The second-order valence-corrected chi connectivity index (χ2v) is 12.7. The number of aliphatic hydroxyl groups excluding tert-OH is 1. The highest BCUT2D eigenvalue weighted by Gasteiger charge is 2.63. The van der Waals surface area contributed by atoms with E-state index in [4.69, 9.17) is 11.6 Å². The maximum Gasteiger partial charge on any atom is 0.234 e. The minimum atomic E-state index is -0.415. The van der Waals surface area contributed by atoms with E-state index < -0.39 is 11.8 Å². The molecule has 2 aromatic carbocycles. The molecule has 0 saturated carbocycles. The Bertz CT molecular complexity index is 1590. The topological polar surface area (TPSA) is 60.9 Å². The van der Waals surface area contributed by atoms with Gasteiger partial charge in [0, 0.05) is 45.4 Å². The third-order valence-corrected chi connectivity index (χ3v) is 11.0. The summed E-state index contributed by atoms with van der Waals surface area (Å²) < 4.78 is 1.15. The number of hydrogen-bond donors (Lipinski definition) is 1. The fraction of sp³-hybridized carbons (Fsp3) is 0.267. The van der Waals surface area contributed by atoms with Gasteiger partial charge in [0.2, 0.25) is 11.8 Å². The first-order chi connectivity index (χ1) is 18.5. The first-order valence-corrected chi connectivity index (χ1v) is 14.7. The molecule has 8 rings (SSSR count). The van der Waals surface area contributed by atoms with E-state index in [2.05, 4.69) is 40.6 Å². The van der Waals surface area contributed by atoms with Crippen molar-refractivity contribution in [2.45, 2.75) is 25.2 Å². The molecule has 5 atom stereocenters. The van der Waals surface area contributed by atoms with E-state index in [1.54, 1.807) is 29.7 Å². The number of fused-ring (bicyclic) bond motifs is 2. The van der Waals surface area contributed by atoms with Crippen LogP contribution in [-0.2, 0) is 22.7 Å². The van der Waals surface area contributed by atoms with Gasteiger partial charge in [0.15, 0.2) is 0 Å². The molecule has 5 nitrogen and oxygen atoms in total. The maximum atomic E-state index is 13.6. The molecule has 5 unspecified atom stereocenters. The zero-order valence-corrected chi connectivity index (χ0v) is 23.0. The van der Waals surface area contributed by atoms with E-state index in [-0.39, 0.29) is 36.4 Å². The Morgan fingerprint density at radius 3 is 2.42 bits per heavy atom. The lowest BCUT2D eigenvalue weighted by molar-refractivity contribution is -0.138. The Hall–Kier alpha value is -2.81. The number of thiophene rings is 2. The molecule has 2 amide bonds. The highest BCUT2D eigenvalue weighted by Crippen LogP contribution is 2.59. The Morgan fingerprint density at radius 2 is 1.71 bits per heavy atom. The Labute approximate surface area is 233 Å². The molecular formula is C30H25ClN2O3S2. The number of imide groups is 1. The lowest BCUT2D eigenvalue weighted by Gasteiger charge is -2.54. The highest BCUT2D eigenvalue weighted by atomic mass is 35.5. The summed E-state index contributed by atoms with van der Waals surface area (Å²) in [6.45, 7) is 0.582. The number of nitrogens with zero attached hydrogens (tertiary/aromatic N) is 2. The number of carbonyl (C=O) groups excluding carboxylic acids is 2. The average Bonchev–Trinajstić information content (AvgIpc) is 3.65. The number of piperidine rings is 1. The molecule has 1 N–H and O–H groups in total. The number of rotatable bonds is 5. The Kier molecular flexibility index (Phi) is 5.83. The average molecular weight is 561 g/mol. The lowest BCUT2D eigenvalue weighted by Crippen LogP contribution is -2.58. The molecule has 4 aliphatic rings. The summed E-state index contributed by atoms with van der Waals surface area (Å²) in [5.41, 5.74) is 2.98. The number of aliphatic hydroxyl groups is 1. The van der Waals surface area contributed by atoms with Crippen LogP contribution in [0, 0.1) is 17.8 Å². The molecule has 4 aromatic rings. The van der Waals surface area contributed by atoms with E-state index in [1.165, 1.54) is 9.78 Å². The van der Waals surface area contributed by atoms with Gasteiger partial charge in [-0.3, -0.25) is 19.4 Å². The minimum absolute atomic E-state index is 0.0185. The van der Waals surface area contributed by atoms with Crippen LogP contribution in [0.3, 0.4) is 0 Å². The van der Waals surface area contributed by atoms with Crippen molar-refractivity contribution in [3.8, 4) is 0 Å². The summed E-state index contributed by atoms with van der Waals surface area (Å²) in [6.07, 6.45) is 2.22. The summed E-state index contributed by atoms with van der Waals surface area (Å²) in [4.78, 5) is 33.0. The third kappa shape index (κ3) is 3.50. The normalized spacial score (nSPS) is 26.9. The van der Waals surface area contributed by atoms with Crippen LogP contribution in [0.1, 0.15) is 26.9 Å². The van der Waals surface area contributed by atoms with E-state index in [1.807, 2.05) is 36.4 Å². The number of halogens is 1. The molecule has 2 fully saturated rings. The van der Waals surface area contributed by atoms with Crippen molar-refractivity contribution < 1.29 is 14.7 Å².